The van der Waals surface area contributed by atoms with Gasteiger partial charge in [-0.05, 0) is 43.7 Å². The Morgan fingerprint density at radius 1 is 1.10 bits per heavy atom. The van der Waals surface area contributed by atoms with Gasteiger partial charge in [0, 0.05) is 5.56 Å². The minimum atomic E-state index is -0.541. The Kier molecular flexibility index (Phi) is 4.64. The molecule has 3 heteroatoms. The Balaban J connectivity index is 2.10. The molecule has 20 heavy (non-hydrogen) atoms. The van der Waals surface area contributed by atoms with Crippen LogP contribution in [-0.4, -0.2) is 12.2 Å². The highest BCUT2D eigenvalue weighted by molar-refractivity contribution is 5.38. The van der Waals surface area contributed by atoms with E-state index in [-0.39, 0.29) is 0 Å². The first-order valence-electron chi connectivity index (χ1n) is 6.64. The van der Waals surface area contributed by atoms with Crippen LogP contribution in [-0.2, 0) is 6.61 Å². The molecular formula is C17H20O3. The fourth-order valence-electron chi connectivity index (χ4n) is 2.01. The number of aliphatic hydroxyl groups is 1. The van der Waals surface area contributed by atoms with Gasteiger partial charge < -0.3 is 14.6 Å². The van der Waals surface area contributed by atoms with Gasteiger partial charge >= 0.3 is 0 Å². The monoisotopic (exact) mass is 272 g/mol. The van der Waals surface area contributed by atoms with Gasteiger partial charge in [-0.15, -0.1) is 0 Å². The summed E-state index contributed by atoms with van der Waals surface area (Å²) >= 11 is 0. The third-order valence-corrected chi connectivity index (χ3v) is 3.17. The summed E-state index contributed by atoms with van der Waals surface area (Å²) in [4.78, 5) is 0. The van der Waals surface area contributed by atoms with Crippen LogP contribution in [0.1, 0.15) is 29.7 Å². The van der Waals surface area contributed by atoms with Crippen LogP contribution in [0.4, 0.5) is 0 Å². The molecule has 2 aromatic carbocycles. The third kappa shape index (κ3) is 3.52. The number of rotatable bonds is 5. The van der Waals surface area contributed by atoms with Gasteiger partial charge in [0.2, 0.25) is 0 Å². The molecule has 0 fully saturated rings. The minimum Gasteiger partial charge on any atom is -0.497 e. The van der Waals surface area contributed by atoms with Gasteiger partial charge in [0.05, 0.1) is 13.2 Å². The van der Waals surface area contributed by atoms with Crippen LogP contribution in [0.15, 0.2) is 42.5 Å². The highest BCUT2D eigenvalue weighted by atomic mass is 16.5. The van der Waals surface area contributed by atoms with Crippen LogP contribution < -0.4 is 9.47 Å². The van der Waals surface area contributed by atoms with Gasteiger partial charge in [0.15, 0.2) is 0 Å². The van der Waals surface area contributed by atoms with Gasteiger partial charge in [0.1, 0.15) is 18.1 Å². The van der Waals surface area contributed by atoms with E-state index in [1.54, 1.807) is 14.0 Å². The maximum Gasteiger partial charge on any atom is 0.125 e. The largest absolute Gasteiger partial charge is 0.497 e. The SMILES string of the molecule is COc1ccc(COc2ccc(C)cc2[C@H](C)O)cc1. The lowest BCUT2D eigenvalue weighted by molar-refractivity contribution is 0.190. The van der Waals surface area contributed by atoms with Crippen LogP contribution >= 0.6 is 0 Å². The lowest BCUT2D eigenvalue weighted by Crippen LogP contribution is -2.01. The topological polar surface area (TPSA) is 38.7 Å². The van der Waals surface area contributed by atoms with Crippen molar-refractivity contribution in [3.05, 3.63) is 59.2 Å². The highest BCUT2D eigenvalue weighted by Gasteiger charge is 2.09. The van der Waals surface area contributed by atoms with Crippen LogP contribution in [0.25, 0.3) is 0 Å². The first-order chi connectivity index (χ1) is 9.60. The Morgan fingerprint density at radius 2 is 1.80 bits per heavy atom. The third-order valence-electron chi connectivity index (χ3n) is 3.17. The van der Waals surface area contributed by atoms with E-state index in [1.807, 2.05) is 49.4 Å². The van der Waals surface area contributed by atoms with E-state index in [4.69, 9.17) is 9.47 Å². The van der Waals surface area contributed by atoms with Crippen LogP contribution in [0.2, 0.25) is 0 Å². The van der Waals surface area contributed by atoms with Crippen molar-refractivity contribution in [3.63, 3.8) is 0 Å². The van der Waals surface area contributed by atoms with E-state index in [0.29, 0.717) is 6.61 Å². The smallest absolute Gasteiger partial charge is 0.125 e. The molecule has 0 aliphatic heterocycles. The molecule has 0 saturated carbocycles. The Hall–Kier alpha value is -2.00. The molecule has 1 atom stereocenters. The van der Waals surface area contributed by atoms with E-state index in [1.165, 1.54) is 0 Å². The van der Waals surface area contributed by atoms with Crippen molar-refractivity contribution < 1.29 is 14.6 Å². The van der Waals surface area contributed by atoms with Crippen LogP contribution in [0, 0.1) is 6.92 Å². The van der Waals surface area contributed by atoms with E-state index < -0.39 is 6.10 Å². The molecule has 1 N–H and O–H groups in total. The fourth-order valence-corrected chi connectivity index (χ4v) is 2.01. The first-order valence-corrected chi connectivity index (χ1v) is 6.64. The second-order valence-electron chi connectivity index (χ2n) is 4.85. The summed E-state index contributed by atoms with van der Waals surface area (Å²) in [6, 6.07) is 13.6. The summed E-state index contributed by atoms with van der Waals surface area (Å²) in [6.45, 7) is 4.21. The van der Waals surface area contributed by atoms with E-state index in [0.717, 1.165) is 28.2 Å². The van der Waals surface area contributed by atoms with Crippen molar-refractivity contribution in [2.24, 2.45) is 0 Å². The summed E-state index contributed by atoms with van der Waals surface area (Å²) < 4.78 is 10.9. The molecule has 0 bridgehead atoms. The molecule has 2 aromatic rings. The van der Waals surface area contributed by atoms with Gasteiger partial charge in [-0.2, -0.15) is 0 Å². The molecular weight excluding hydrogens is 252 g/mol. The van der Waals surface area contributed by atoms with Crippen molar-refractivity contribution in [2.75, 3.05) is 7.11 Å². The Labute approximate surface area is 119 Å². The van der Waals surface area contributed by atoms with Crippen molar-refractivity contribution in [1.29, 1.82) is 0 Å². The second kappa shape index (κ2) is 6.44. The number of benzene rings is 2. The first kappa shape index (κ1) is 14.4. The Bertz CT molecular complexity index is 559. The van der Waals surface area contributed by atoms with Gasteiger partial charge in [-0.25, -0.2) is 0 Å². The normalized spacial score (nSPS) is 12.0. The predicted octanol–water partition coefficient (Wildman–Crippen LogP) is 3.64. The zero-order valence-electron chi connectivity index (χ0n) is 12.1. The summed E-state index contributed by atoms with van der Waals surface area (Å²) in [5.74, 6) is 1.55. The molecule has 0 amide bonds. The van der Waals surface area contributed by atoms with E-state index >= 15 is 0 Å². The molecule has 0 unspecified atom stereocenters. The fraction of sp³-hybridized carbons (Fsp3) is 0.294. The second-order valence-corrected chi connectivity index (χ2v) is 4.85. The quantitative estimate of drug-likeness (QED) is 0.903. The van der Waals surface area contributed by atoms with Crippen LogP contribution in [0.3, 0.4) is 0 Å². The number of aryl methyl sites for hydroxylation is 1. The van der Waals surface area contributed by atoms with Gasteiger partial charge in [0.25, 0.3) is 0 Å². The standard InChI is InChI=1S/C17H20O3/c1-12-4-9-17(16(10-12)13(2)18)20-11-14-5-7-15(19-3)8-6-14/h4-10,13,18H,11H2,1-3H3/t13-/m0/s1. The zero-order chi connectivity index (χ0) is 14.5. The minimum absolute atomic E-state index is 0.465. The zero-order valence-corrected chi connectivity index (χ0v) is 12.1. The van der Waals surface area contributed by atoms with Gasteiger partial charge in [-0.1, -0.05) is 23.8 Å². The Morgan fingerprint density at radius 3 is 2.40 bits per heavy atom. The number of ether oxygens (including phenoxy) is 2. The maximum atomic E-state index is 9.80. The lowest BCUT2D eigenvalue weighted by atomic mass is 10.1. The molecule has 3 nitrogen and oxygen atoms in total. The summed E-state index contributed by atoms with van der Waals surface area (Å²) in [5.41, 5.74) is 2.99. The molecule has 0 aliphatic rings. The molecule has 0 aliphatic carbocycles. The van der Waals surface area contributed by atoms with Crippen molar-refractivity contribution in [3.8, 4) is 11.5 Å². The lowest BCUT2D eigenvalue weighted by Gasteiger charge is -2.14. The van der Waals surface area contributed by atoms with E-state index in [9.17, 15) is 5.11 Å². The average Bonchev–Trinajstić information content (AvgIpc) is 2.46. The molecule has 0 heterocycles. The molecule has 106 valence electrons. The van der Waals surface area contributed by atoms with Crippen molar-refractivity contribution in [1.82, 2.24) is 0 Å². The molecule has 0 spiro atoms. The predicted molar refractivity (Wildman–Crippen MR) is 79.1 cm³/mol. The summed E-state index contributed by atoms with van der Waals surface area (Å²) in [6.07, 6.45) is -0.541. The highest BCUT2D eigenvalue weighted by Crippen LogP contribution is 2.27. The van der Waals surface area contributed by atoms with E-state index in [2.05, 4.69) is 0 Å². The van der Waals surface area contributed by atoms with Crippen LogP contribution in [0.5, 0.6) is 11.5 Å². The average molecular weight is 272 g/mol. The number of hydrogen-bond donors (Lipinski definition) is 1. The molecule has 0 radical (unpaired) electrons. The maximum absolute atomic E-state index is 9.80. The van der Waals surface area contributed by atoms with Crippen molar-refractivity contribution in [2.45, 2.75) is 26.6 Å². The number of aliphatic hydroxyl groups excluding tert-OH is 1. The molecule has 0 saturated heterocycles. The summed E-state index contributed by atoms with van der Waals surface area (Å²) in [5, 5.41) is 9.80. The summed E-state index contributed by atoms with van der Waals surface area (Å²) in [7, 11) is 1.65. The van der Waals surface area contributed by atoms with Crippen molar-refractivity contribution >= 4 is 0 Å². The number of hydrogen-bond acceptors (Lipinski definition) is 3. The number of methoxy groups -OCH3 is 1. The molecule has 2 rings (SSSR count). The van der Waals surface area contributed by atoms with Gasteiger partial charge in [-0.3, -0.25) is 0 Å². The molecule has 0 aromatic heterocycles.